The molecule has 115 heavy (non-hydrogen) atoms. The van der Waals surface area contributed by atoms with Gasteiger partial charge in [0.1, 0.15) is 92.5 Å². The van der Waals surface area contributed by atoms with E-state index in [-0.39, 0.29) is 185 Å². The number of hydrogen-bond acceptors (Lipinski definition) is 18. The lowest BCUT2D eigenvalue weighted by atomic mass is 9.77. The third-order valence-electron chi connectivity index (χ3n) is 25.6. The van der Waals surface area contributed by atoms with Gasteiger partial charge in [0.15, 0.2) is 0 Å². The number of carbonyl (C=O) groups is 16. The average Bonchev–Trinajstić information content (AvgIpc) is 1.60. The van der Waals surface area contributed by atoms with Gasteiger partial charge in [0.05, 0.1) is 17.8 Å². The maximum atomic E-state index is 14.6. The van der Waals surface area contributed by atoms with Crippen molar-refractivity contribution in [2.24, 2.45) is 86.9 Å². The second-order valence-electron chi connectivity index (χ2n) is 35.5. The van der Waals surface area contributed by atoms with Crippen LogP contribution >= 0.6 is 0 Å². The van der Waals surface area contributed by atoms with Crippen molar-refractivity contribution in [1.82, 2.24) is 4.98 Å². The molecule has 0 saturated carbocycles. The first-order valence-electron chi connectivity index (χ1n) is 42.5. The molecule has 12 atom stereocenters. The predicted octanol–water partition coefficient (Wildman–Crippen LogP) is 18.9. The number of ketones is 16. The number of hydrogen-bond donors (Lipinski definition) is 1. The zero-order valence-corrected chi connectivity index (χ0v) is 73.8. The molecule has 19 heteroatoms. The number of H-pyrrole nitrogens is 1. The first kappa shape index (κ1) is 97.4. The van der Waals surface area contributed by atoms with Crippen molar-refractivity contribution in [1.29, 1.82) is 0 Å². The third-order valence-corrected chi connectivity index (χ3v) is 25.6. The summed E-state index contributed by atoms with van der Waals surface area (Å²) < 4.78 is 0. The van der Waals surface area contributed by atoms with Crippen molar-refractivity contribution in [3.05, 3.63) is 78.5 Å². The van der Waals surface area contributed by atoms with Crippen LogP contribution in [0.4, 0.5) is 0 Å². The van der Waals surface area contributed by atoms with Crippen molar-refractivity contribution in [3.63, 3.8) is 0 Å². The zero-order chi connectivity index (χ0) is 86.6. The highest BCUT2D eigenvalue weighted by Crippen LogP contribution is 2.47. The number of fused-ring (bicyclic) bond motifs is 6. The smallest absolute Gasteiger partial charge is 0.143 e. The van der Waals surface area contributed by atoms with Gasteiger partial charge in [0.2, 0.25) is 0 Å². The Hall–Kier alpha value is -8.22. The molecule has 0 fully saturated rings. The van der Waals surface area contributed by atoms with Crippen LogP contribution in [0.15, 0.2) is 66.0 Å². The standard InChI is InChI=1S/C96H135N3O16/c1-24-26-51(5)36-79(108)37-52(6)35-53(7)86(111)49-87(112)54(8)38-72(69(23)103)42-77(106)31-33-84(109)70(25-2)41-76(105)32-34-85(110)74(40-57(11)102)45-90(115)80(50(3)4)48-89(114)71(28-27-55(9)100)44-88(113)73(39-56(10)101)43-75(104)29-30-78(107)46-83-66(20)95-65(19)82-47-81(58(12)59(82)13)64(18)91-60(14)61(15)92(97-91)67(21)93-62(16)63(17)94(98-93)68(22)96(83)99-95/h50-54,66,70-74,80,83,97H,24-49H2,1-23H3. The molecule has 19 nitrogen and oxygen atoms in total. The Balaban J connectivity index is 1.19. The van der Waals surface area contributed by atoms with E-state index in [2.05, 4.69) is 88.1 Å². The second-order valence-corrected chi connectivity index (χ2v) is 35.5. The summed E-state index contributed by atoms with van der Waals surface area (Å²) in [6.07, 6.45) is -0.140. The number of rotatable bonds is 52. The molecule has 5 rings (SSSR count). The molecule has 630 valence electrons. The SMILES string of the molecule is CCCC(C)CC(=O)CC(C)CC(C)C(=O)CC(=O)C(C)CC(CC(=O)CCC(=O)C(CC)CC(=O)CCC(=O)C(CC(C)=O)CC(=O)C(CC(=O)C(CCC(C)=O)CC(=O)C(CC(C)=O)CC(=O)CCC(=O)CC1C2=C(C)C3=NC(=C(C)c4[nH]c(c(C)c4C)C(C)=C4CC(=C(C)C(=N2)C1C)C(C)=C4C)C(C)=C3C)C(C)C)C(C)=O. The fourth-order valence-corrected chi connectivity index (χ4v) is 17.8. The van der Waals surface area contributed by atoms with Gasteiger partial charge >= 0.3 is 0 Å². The van der Waals surface area contributed by atoms with Gasteiger partial charge < -0.3 is 19.4 Å². The fourth-order valence-electron chi connectivity index (χ4n) is 17.8. The van der Waals surface area contributed by atoms with E-state index in [1.807, 2.05) is 13.8 Å². The monoisotopic (exact) mass is 1590 g/mol. The molecular weight excluding hydrogens is 1450 g/mol. The lowest BCUT2D eigenvalue weighted by Crippen LogP contribution is -2.32. The molecule has 0 spiro atoms. The average molecular weight is 1590 g/mol. The van der Waals surface area contributed by atoms with Crippen LogP contribution in [0.25, 0.3) is 11.1 Å². The number of aromatic nitrogens is 1. The van der Waals surface area contributed by atoms with Gasteiger partial charge in [-0.05, 0) is 214 Å². The highest BCUT2D eigenvalue weighted by Gasteiger charge is 2.41. The fraction of sp³-hybridized carbons (Fsp3) is 0.646. The molecule has 1 aromatic heterocycles. The normalized spacial score (nSPS) is 18.4. The summed E-state index contributed by atoms with van der Waals surface area (Å²) in [7, 11) is 0. The highest BCUT2D eigenvalue weighted by molar-refractivity contribution is 6.17. The summed E-state index contributed by atoms with van der Waals surface area (Å²) in [4.78, 5) is 231. The largest absolute Gasteiger partial charge is 0.355 e. The van der Waals surface area contributed by atoms with Gasteiger partial charge in [-0.15, -0.1) is 0 Å². The van der Waals surface area contributed by atoms with Crippen molar-refractivity contribution in [2.75, 3.05) is 0 Å². The Morgan fingerprint density at radius 1 is 0.400 bits per heavy atom. The number of Topliss-reactive ketones (excluding diaryl/α,β-unsaturated/α-hetero) is 16. The maximum Gasteiger partial charge on any atom is 0.143 e. The van der Waals surface area contributed by atoms with Crippen LogP contribution < -0.4 is 0 Å². The summed E-state index contributed by atoms with van der Waals surface area (Å²) in [6.45, 7) is 43.2. The van der Waals surface area contributed by atoms with Crippen molar-refractivity contribution < 1.29 is 76.7 Å². The van der Waals surface area contributed by atoms with E-state index in [0.29, 0.717) is 25.2 Å². The van der Waals surface area contributed by atoms with Crippen LogP contribution in [0.2, 0.25) is 0 Å². The molecule has 1 aliphatic carbocycles. The number of carbonyl (C=O) groups excluding carboxylic acids is 16. The predicted molar refractivity (Wildman–Crippen MR) is 452 cm³/mol. The van der Waals surface area contributed by atoms with Crippen molar-refractivity contribution in [3.8, 4) is 0 Å². The first-order chi connectivity index (χ1) is 53.7. The number of nitrogens with zero attached hydrogens (tertiary/aromatic N) is 2. The van der Waals surface area contributed by atoms with Gasteiger partial charge in [0.25, 0.3) is 0 Å². The van der Waals surface area contributed by atoms with E-state index in [1.165, 1.54) is 66.7 Å². The molecule has 8 bridgehead atoms. The summed E-state index contributed by atoms with van der Waals surface area (Å²) in [5.74, 6) is -13.5. The van der Waals surface area contributed by atoms with Crippen molar-refractivity contribution in [2.45, 2.75) is 326 Å². The summed E-state index contributed by atoms with van der Waals surface area (Å²) >= 11 is 0. The number of aliphatic imine (C=N–C) groups is 2. The molecule has 0 aromatic carbocycles. The quantitative estimate of drug-likeness (QED) is 0.0592. The molecule has 3 aliphatic heterocycles. The van der Waals surface area contributed by atoms with E-state index >= 15 is 0 Å². The van der Waals surface area contributed by atoms with Crippen LogP contribution in [-0.2, 0) is 76.7 Å². The zero-order valence-electron chi connectivity index (χ0n) is 73.8. The Labute approximate surface area is 684 Å². The van der Waals surface area contributed by atoms with Gasteiger partial charge in [-0.1, -0.05) is 75.2 Å². The molecule has 0 radical (unpaired) electrons. The van der Waals surface area contributed by atoms with Gasteiger partial charge in [-0.2, -0.15) is 0 Å². The number of allylic oxidation sites excluding steroid dienone is 11. The summed E-state index contributed by atoms with van der Waals surface area (Å²) in [5, 5.41) is 0. The van der Waals surface area contributed by atoms with E-state index in [4.69, 9.17) is 9.98 Å². The van der Waals surface area contributed by atoms with Crippen LogP contribution in [0.1, 0.15) is 335 Å². The lowest BCUT2D eigenvalue weighted by molar-refractivity contribution is -0.137. The minimum absolute atomic E-state index is 0.0292. The minimum atomic E-state index is -1.15. The third kappa shape index (κ3) is 27.2. The summed E-state index contributed by atoms with van der Waals surface area (Å²) in [5.41, 5.74) is 19.0. The van der Waals surface area contributed by atoms with Gasteiger partial charge in [0, 0.05) is 198 Å². The summed E-state index contributed by atoms with van der Waals surface area (Å²) in [6, 6.07) is 0. The van der Waals surface area contributed by atoms with E-state index in [9.17, 15) is 76.7 Å². The first-order valence-corrected chi connectivity index (χ1v) is 42.5. The van der Waals surface area contributed by atoms with Crippen LogP contribution in [0.3, 0.4) is 0 Å². The van der Waals surface area contributed by atoms with E-state index in [0.717, 1.165) is 81.3 Å². The Kier molecular flexibility index (Phi) is 37.6. The molecule has 1 N–H and O–H groups in total. The maximum absolute atomic E-state index is 14.6. The molecule has 1 aromatic rings. The Morgan fingerprint density at radius 3 is 1.41 bits per heavy atom. The number of nitrogens with one attached hydrogen (secondary N) is 1. The molecule has 0 amide bonds. The molecule has 4 heterocycles. The Morgan fingerprint density at radius 2 is 0.878 bits per heavy atom. The van der Waals surface area contributed by atoms with Gasteiger partial charge in [-0.25, -0.2) is 4.99 Å². The molecular formula is C96H135N3O16. The van der Waals surface area contributed by atoms with Crippen molar-refractivity contribution >= 4 is 115 Å². The van der Waals surface area contributed by atoms with Gasteiger partial charge in [-0.3, -0.25) is 67.3 Å². The Bertz CT molecular complexity index is 4270. The minimum Gasteiger partial charge on any atom is -0.355 e. The van der Waals surface area contributed by atoms with Crippen LogP contribution in [0.5, 0.6) is 0 Å². The topological polar surface area (TPSA) is 314 Å². The molecule has 0 saturated heterocycles. The number of aromatic amines is 1. The molecule has 4 aliphatic rings. The van der Waals surface area contributed by atoms with E-state index in [1.54, 1.807) is 34.6 Å². The van der Waals surface area contributed by atoms with Crippen LogP contribution in [-0.4, -0.2) is 109 Å². The van der Waals surface area contributed by atoms with E-state index < -0.39 is 107 Å². The highest BCUT2D eigenvalue weighted by atomic mass is 16.2. The second kappa shape index (κ2) is 44.4. The molecule has 12 unspecified atom stereocenters. The van der Waals surface area contributed by atoms with Crippen LogP contribution in [0, 0.1) is 90.8 Å². The lowest BCUT2D eigenvalue weighted by Gasteiger charge is -2.25.